The van der Waals surface area contributed by atoms with Crippen LogP contribution in [0.4, 0.5) is 5.69 Å². The van der Waals surface area contributed by atoms with Crippen LogP contribution in [0.25, 0.3) is 0 Å². The van der Waals surface area contributed by atoms with Crippen molar-refractivity contribution in [2.75, 3.05) is 18.4 Å². The summed E-state index contributed by atoms with van der Waals surface area (Å²) < 4.78 is 0. The minimum Gasteiger partial charge on any atom is -0.385 e. The maximum Gasteiger partial charge on any atom is 0.221 e. The van der Waals surface area contributed by atoms with Gasteiger partial charge in [0.1, 0.15) is 0 Å². The molecule has 2 rings (SSSR count). The molecule has 25 heavy (non-hydrogen) atoms. The van der Waals surface area contributed by atoms with Crippen LogP contribution >= 0.6 is 23.2 Å². The number of halogens is 2. The predicted molar refractivity (Wildman–Crippen MR) is 103 cm³/mol. The summed E-state index contributed by atoms with van der Waals surface area (Å²) in [5.74, 6) is 0.00432. The fraction of sp³-hybridized carbons (Fsp3) is 0.263. The number of carbonyl (C=O) groups excluding carboxylic acids is 2. The van der Waals surface area contributed by atoms with Gasteiger partial charge in [-0.15, -0.1) is 0 Å². The van der Waals surface area contributed by atoms with Crippen molar-refractivity contribution in [3.05, 3.63) is 63.6 Å². The smallest absolute Gasteiger partial charge is 0.221 e. The van der Waals surface area contributed by atoms with Gasteiger partial charge < -0.3 is 10.6 Å². The van der Waals surface area contributed by atoms with Gasteiger partial charge in [0.15, 0.2) is 5.78 Å². The molecule has 0 saturated carbocycles. The Morgan fingerprint density at radius 1 is 1.00 bits per heavy atom. The quantitative estimate of drug-likeness (QED) is 0.671. The van der Waals surface area contributed by atoms with Gasteiger partial charge in [-0.25, -0.2) is 0 Å². The van der Waals surface area contributed by atoms with Gasteiger partial charge in [-0.2, -0.15) is 0 Å². The van der Waals surface area contributed by atoms with Crippen LogP contribution in [0.2, 0.25) is 10.0 Å². The third-order valence-corrected chi connectivity index (χ3v) is 4.29. The molecule has 2 aromatic rings. The molecule has 0 bridgehead atoms. The predicted octanol–water partition coefficient (Wildman–Crippen LogP) is 4.36. The van der Waals surface area contributed by atoms with Crippen molar-refractivity contribution in [1.82, 2.24) is 5.32 Å². The molecule has 0 unspecified atom stereocenters. The van der Waals surface area contributed by atoms with E-state index in [1.54, 1.807) is 24.3 Å². The molecule has 0 fully saturated rings. The molecule has 6 heteroatoms. The SMILES string of the molecule is CC(=O)c1ccc(NCCC(=O)NCCc2ccc(Cl)cc2Cl)cc1. The summed E-state index contributed by atoms with van der Waals surface area (Å²) in [6.45, 7) is 2.57. The summed E-state index contributed by atoms with van der Waals surface area (Å²) in [6.07, 6.45) is 1.02. The number of Topliss-reactive ketones (excluding diaryl/α,β-unsaturated/α-hetero) is 1. The van der Waals surface area contributed by atoms with E-state index in [1.165, 1.54) is 6.92 Å². The zero-order valence-electron chi connectivity index (χ0n) is 13.9. The van der Waals surface area contributed by atoms with Crippen molar-refractivity contribution in [1.29, 1.82) is 0 Å². The molecular formula is C19H20Cl2N2O2. The molecule has 0 heterocycles. The number of benzene rings is 2. The van der Waals surface area contributed by atoms with Gasteiger partial charge >= 0.3 is 0 Å². The second-order valence-electron chi connectivity index (χ2n) is 5.65. The van der Waals surface area contributed by atoms with Gasteiger partial charge in [0.25, 0.3) is 0 Å². The second-order valence-corrected chi connectivity index (χ2v) is 6.49. The summed E-state index contributed by atoms with van der Waals surface area (Å²) in [7, 11) is 0. The summed E-state index contributed by atoms with van der Waals surface area (Å²) in [4.78, 5) is 23.1. The number of anilines is 1. The lowest BCUT2D eigenvalue weighted by Gasteiger charge is -2.09. The highest BCUT2D eigenvalue weighted by Crippen LogP contribution is 2.21. The first-order valence-electron chi connectivity index (χ1n) is 8.01. The first kappa shape index (κ1) is 19.3. The maximum absolute atomic E-state index is 11.9. The lowest BCUT2D eigenvalue weighted by atomic mass is 10.1. The Labute approximate surface area is 157 Å². The lowest BCUT2D eigenvalue weighted by Crippen LogP contribution is -2.27. The zero-order chi connectivity index (χ0) is 18.2. The lowest BCUT2D eigenvalue weighted by molar-refractivity contribution is -0.120. The molecule has 0 radical (unpaired) electrons. The van der Waals surface area contributed by atoms with Gasteiger partial charge in [-0.3, -0.25) is 9.59 Å². The van der Waals surface area contributed by atoms with Crippen molar-refractivity contribution >= 4 is 40.6 Å². The van der Waals surface area contributed by atoms with E-state index >= 15 is 0 Å². The summed E-state index contributed by atoms with van der Waals surface area (Å²) in [6, 6.07) is 12.5. The Kier molecular flexibility index (Phi) is 7.29. The molecule has 132 valence electrons. The van der Waals surface area contributed by atoms with Crippen LogP contribution in [0.5, 0.6) is 0 Å². The number of amides is 1. The fourth-order valence-electron chi connectivity index (χ4n) is 2.29. The second kappa shape index (κ2) is 9.44. The van der Waals surface area contributed by atoms with Crippen molar-refractivity contribution in [2.24, 2.45) is 0 Å². The van der Waals surface area contributed by atoms with E-state index in [4.69, 9.17) is 23.2 Å². The largest absolute Gasteiger partial charge is 0.385 e. The van der Waals surface area contributed by atoms with E-state index in [2.05, 4.69) is 10.6 Å². The molecule has 0 spiro atoms. The van der Waals surface area contributed by atoms with E-state index in [-0.39, 0.29) is 11.7 Å². The number of ketones is 1. The van der Waals surface area contributed by atoms with Crippen LogP contribution in [-0.2, 0) is 11.2 Å². The van der Waals surface area contributed by atoms with Gasteiger partial charge in [0.05, 0.1) is 0 Å². The molecule has 0 aliphatic rings. The molecule has 0 atom stereocenters. The zero-order valence-corrected chi connectivity index (χ0v) is 15.5. The molecule has 0 aromatic heterocycles. The highest BCUT2D eigenvalue weighted by Gasteiger charge is 2.04. The summed E-state index contributed by atoms with van der Waals surface area (Å²) in [5.41, 5.74) is 2.50. The van der Waals surface area contributed by atoms with E-state index in [1.807, 2.05) is 18.2 Å². The van der Waals surface area contributed by atoms with Crippen molar-refractivity contribution in [3.8, 4) is 0 Å². The summed E-state index contributed by atoms with van der Waals surface area (Å²) in [5, 5.41) is 7.23. The minimum absolute atomic E-state index is 0.0297. The Bertz CT molecular complexity index is 746. The molecule has 0 aliphatic heterocycles. The Morgan fingerprint density at radius 3 is 2.36 bits per heavy atom. The van der Waals surface area contributed by atoms with E-state index < -0.39 is 0 Å². The molecule has 2 aromatic carbocycles. The van der Waals surface area contributed by atoms with Crippen LogP contribution in [0.1, 0.15) is 29.3 Å². The fourth-order valence-corrected chi connectivity index (χ4v) is 2.80. The van der Waals surface area contributed by atoms with Crippen LogP contribution in [0, 0.1) is 0 Å². The molecule has 0 aliphatic carbocycles. The van der Waals surface area contributed by atoms with Gasteiger partial charge in [0.2, 0.25) is 5.91 Å². The first-order chi connectivity index (χ1) is 12.0. The van der Waals surface area contributed by atoms with Gasteiger partial charge in [0, 0.05) is 40.8 Å². The number of hydrogen-bond donors (Lipinski definition) is 2. The molecule has 0 saturated heterocycles. The average molecular weight is 379 g/mol. The molecule has 2 N–H and O–H groups in total. The first-order valence-corrected chi connectivity index (χ1v) is 8.77. The molecule has 4 nitrogen and oxygen atoms in total. The number of nitrogens with one attached hydrogen (secondary N) is 2. The van der Waals surface area contributed by atoms with Crippen LogP contribution in [0.3, 0.4) is 0 Å². The topological polar surface area (TPSA) is 58.2 Å². The normalized spacial score (nSPS) is 10.4. The maximum atomic E-state index is 11.9. The Hall–Kier alpha value is -2.04. The number of hydrogen-bond acceptors (Lipinski definition) is 3. The van der Waals surface area contributed by atoms with E-state index in [9.17, 15) is 9.59 Å². The monoisotopic (exact) mass is 378 g/mol. The number of rotatable bonds is 8. The van der Waals surface area contributed by atoms with Crippen LogP contribution in [0.15, 0.2) is 42.5 Å². The highest BCUT2D eigenvalue weighted by molar-refractivity contribution is 6.35. The van der Waals surface area contributed by atoms with E-state index in [0.29, 0.717) is 41.5 Å². The molecule has 1 amide bonds. The number of carbonyl (C=O) groups is 2. The third-order valence-electron chi connectivity index (χ3n) is 3.70. The van der Waals surface area contributed by atoms with Gasteiger partial charge in [-0.1, -0.05) is 29.3 Å². The van der Waals surface area contributed by atoms with Crippen LogP contribution in [-0.4, -0.2) is 24.8 Å². The van der Waals surface area contributed by atoms with Gasteiger partial charge in [-0.05, 0) is 55.3 Å². The minimum atomic E-state index is -0.0297. The average Bonchev–Trinajstić information content (AvgIpc) is 2.57. The van der Waals surface area contributed by atoms with Crippen molar-refractivity contribution in [2.45, 2.75) is 19.8 Å². The van der Waals surface area contributed by atoms with E-state index in [0.717, 1.165) is 11.3 Å². The molecular weight excluding hydrogens is 359 g/mol. The van der Waals surface area contributed by atoms with Crippen molar-refractivity contribution in [3.63, 3.8) is 0 Å². The van der Waals surface area contributed by atoms with Crippen LogP contribution < -0.4 is 10.6 Å². The Morgan fingerprint density at radius 2 is 1.72 bits per heavy atom. The highest BCUT2D eigenvalue weighted by atomic mass is 35.5. The standard InChI is InChI=1S/C19H20Cl2N2O2/c1-13(24)14-3-6-17(7-4-14)22-11-9-19(25)23-10-8-15-2-5-16(20)12-18(15)21/h2-7,12,22H,8-11H2,1H3,(H,23,25). The summed E-state index contributed by atoms with van der Waals surface area (Å²) >= 11 is 12.0. The Balaban J connectivity index is 1.67. The van der Waals surface area contributed by atoms with Crippen molar-refractivity contribution < 1.29 is 9.59 Å². The third kappa shape index (κ3) is 6.40.